The highest BCUT2D eigenvalue weighted by atomic mass is 16.3. The molecule has 1 atom stereocenters. The van der Waals surface area contributed by atoms with Crippen molar-refractivity contribution in [2.75, 3.05) is 32.7 Å². The molecule has 6 nitrogen and oxygen atoms in total. The van der Waals surface area contributed by atoms with Crippen LogP contribution in [0.5, 0.6) is 0 Å². The molecule has 1 unspecified atom stereocenters. The average Bonchev–Trinajstić information content (AvgIpc) is 3.02. The lowest BCUT2D eigenvalue weighted by atomic mass is 10.0. The van der Waals surface area contributed by atoms with E-state index in [9.17, 15) is 9.59 Å². The standard InChI is InChI=1S/C20H25N3O3/c1-3-17-15(14-7-5-6-8-18(14)26-17)11-21-9-10-23-16(12-21)20(25)22(4-2)13-19(23)24/h5-8,16H,3-4,9-13H2,1-2H3. The van der Waals surface area contributed by atoms with Crippen LogP contribution in [0.1, 0.15) is 25.2 Å². The van der Waals surface area contributed by atoms with Crippen molar-refractivity contribution in [1.29, 1.82) is 0 Å². The van der Waals surface area contributed by atoms with Crippen LogP contribution >= 0.6 is 0 Å². The summed E-state index contributed by atoms with van der Waals surface area (Å²) in [5.41, 5.74) is 2.12. The van der Waals surface area contributed by atoms with Gasteiger partial charge in [0, 0.05) is 50.1 Å². The van der Waals surface area contributed by atoms with Crippen molar-refractivity contribution >= 4 is 22.8 Å². The van der Waals surface area contributed by atoms with E-state index in [2.05, 4.69) is 17.9 Å². The summed E-state index contributed by atoms with van der Waals surface area (Å²) in [6, 6.07) is 7.75. The molecule has 26 heavy (non-hydrogen) atoms. The second kappa shape index (κ2) is 6.76. The van der Waals surface area contributed by atoms with Crippen molar-refractivity contribution in [1.82, 2.24) is 14.7 Å². The maximum atomic E-state index is 12.7. The van der Waals surface area contributed by atoms with Gasteiger partial charge >= 0.3 is 0 Å². The Hall–Kier alpha value is -2.34. The van der Waals surface area contributed by atoms with Crippen molar-refractivity contribution < 1.29 is 14.0 Å². The van der Waals surface area contributed by atoms with Crippen LogP contribution in [0.25, 0.3) is 11.0 Å². The largest absolute Gasteiger partial charge is 0.461 e. The van der Waals surface area contributed by atoms with E-state index in [0.29, 0.717) is 19.6 Å². The Labute approximate surface area is 153 Å². The second-order valence-electron chi connectivity index (χ2n) is 7.04. The Morgan fingerprint density at radius 3 is 2.73 bits per heavy atom. The third-order valence-electron chi connectivity index (χ3n) is 5.57. The molecule has 2 fully saturated rings. The number of carbonyl (C=O) groups is 2. The third-order valence-corrected chi connectivity index (χ3v) is 5.57. The predicted molar refractivity (Wildman–Crippen MR) is 98.6 cm³/mol. The topological polar surface area (TPSA) is 57.0 Å². The number of piperazine rings is 2. The lowest BCUT2D eigenvalue weighted by Crippen LogP contribution is -2.66. The van der Waals surface area contributed by atoms with Crippen LogP contribution in [0.4, 0.5) is 0 Å². The van der Waals surface area contributed by atoms with Gasteiger partial charge in [0.2, 0.25) is 11.8 Å². The van der Waals surface area contributed by atoms with E-state index >= 15 is 0 Å². The quantitative estimate of drug-likeness (QED) is 0.840. The van der Waals surface area contributed by atoms with Gasteiger partial charge in [0.05, 0.1) is 6.54 Å². The summed E-state index contributed by atoms with van der Waals surface area (Å²) in [7, 11) is 0. The molecule has 2 amide bonds. The first-order valence-electron chi connectivity index (χ1n) is 9.42. The molecule has 0 spiro atoms. The zero-order chi connectivity index (χ0) is 18.3. The lowest BCUT2D eigenvalue weighted by molar-refractivity contribution is -0.159. The van der Waals surface area contributed by atoms with Gasteiger partial charge in [-0.15, -0.1) is 0 Å². The van der Waals surface area contributed by atoms with E-state index in [4.69, 9.17) is 4.42 Å². The lowest BCUT2D eigenvalue weighted by Gasteiger charge is -2.45. The monoisotopic (exact) mass is 355 g/mol. The first-order valence-corrected chi connectivity index (χ1v) is 9.42. The smallest absolute Gasteiger partial charge is 0.247 e. The number of nitrogens with zero attached hydrogens (tertiary/aromatic N) is 3. The van der Waals surface area contributed by atoms with Gasteiger partial charge in [0.15, 0.2) is 0 Å². The summed E-state index contributed by atoms with van der Waals surface area (Å²) >= 11 is 0. The van der Waals surface area contributed by atoms with Gasteiger partial charge in [-0.1, -0.05) is 25.1 Å². The maximum absolute atomic E-state index is 12.7. The van der Waals surface area contributed by atoms with E-state index in [1.165, 1.54) is 5.56 Å². The normalized spacial score (nSPS) is 21.5. The summed E-state index contributed by atoms with van der Waals surface area (Å²) in [5, 5.41) is 1.15. The summed E-state index contributed by atoms with van der Waals surface area (Å²) < 4.78 is 6.00. The van der Waals surface area contributed by atoms with E-state index in [-0.39, 0.29) is 24.4 Å². The number of furan rings is 1. The van der Waals surface area contributed by atoms with Crippen LogP contribution in [-0.4, -0.2) is 65.3 Å². The highest BCUT2D eigenvalue weighted by Crippen LogP contribution is 2.28. The fraction of sp³-hybridized carbons (Fsp3) is 0.500. The number of rotatable bonds is 4. The summed E-state index contributed by atoms with van der Waals surface area (Å²) in [6.45, 7) is 7.56. The number of hydrogen-bond donors (Lipinski definition) is 0. The number of para-hydroxylation sites is 1. The van der Waals surface area contributed by atoms with E-state index < -0.39 is 0 Å². The Morgan fingerprint density at radius 2 is 1.96 bits per heavy atom. The molecule has 4 rings (SSSR count). The highest BCUT2D eigenvalue weighted by Gasteiger charge is 2.42. The van der Waals surface area contributed by atoms with Crippen LogP contribution in [0.3, 0.4) is 0 Å². The number of aryl methyl sites for hydroxylation is 1. The van der Waals surface area contributed by atoms with Gasteiger partial charge in [-0.25, -0.2) is 0 Å². The minimum absolute atomic E-state index is 0.0686. The predicted octanol–water partition coefficient (Wildman–Crippen LogP) is 1.87. The minimum Gasteiger partial charge on any atom is -0.461 e. The molecule has 138 valence electrons. The summed E-state index contributed by atoms with van der Waals surface area (Å²) in [5.74, 6) is 1.15. The Morgan fingerprint density at radius 1 is 1.15 bits per heavy atom. The molecule has 6 heteroatoms. The molecule has 2 saturated heterocycles. The van der Waals surface area contributed by atoms with Gasteiger partial charge in [0.25, 0.3) is 0 Å². The van der Waals surface area contributed by atoms with Crippen molar-refractivity contribution in [3.8, 4) is 0 Å². The van der Waals surface area contributed by atoms with Gasteiger partial charge in [-0.2, -0.15) is 0 Å². The van der Waals surface area contributed by atoms with E-state index in [1.54, 1.807) is 9.80 Å². The van der Waals surface area contributed by atoms with Gasteiger partial charge < -0.3 is 14.2 Å². The third kappa shape index (κ3) is 2.78. The molecular formula is C20H25N3O3. The molecular weight excluding hydrogens is 330 g/mol. The number of benzene rings is 1. The molecule has 3 heterocycles. The molecule has 2 aliphatic heterocycles. The number of amides is 2. The van der Waals surface area contributed by atoms with Crippen LogP contribution in [0.2, 0.25) is 0 Å². The zero-order valence-electron chi connectivity index (χ0n) is 15.4. The highest BCUT2D eigenvalue weighted by molar-refractivity contribution is 5.95. The van der Waals surface area contributed by atoms with Crippen molar-refractivity contribution in [2.45, 2.75) is 32.9 Å². The average molecular weight is 355 g/mol. The van der Waals surface area contributed by atoms with Crippen molar-refractivity contribution in [3.63, 3.8) is 0 Å². The summed E-state index contributed by atoms with van der Waals surface area (Å²) in [6.07, 6.45) is 0.842. The first kappa shape index (κ1) is 17.1. The fourth-order valence-corrected chi connectivity index (χ4v) is 4.14. The number of hydrogen-bond acceptors (Lipinski definition) is 4. The summed E-state index contributed by atoms with van der Waals surface area (Å²) in [4.78, 5) is 30.8. The Kier molecular flexibility index (Phi) is 4.44. The Balaban J connectivity index is 1.57. The van der Waals surface area contributed by atoms with Crippen LogP contribution in [0.15, 0.2) is 28.7 Å². The van der Waals surface area contributed by atoms with Gasteiger partial charge in [-0.05, 0) is 13.0 Å². The zero-order valence-corrected chi connectivity index (χ0v) is 15.4. The van der Waals surface area contributed by atoms with Gasteiger partial charge in [0.1, 0.15) is 17.4 Å². The Bertz CT molecular complexity index is 844. The van der Waals surface area contributed by atoms with Gasteiger partial charge in [-0.3, -0.25) is 14.5 Å². The molecule has 0 N–H and O–H groups in total. The second-order valence-corrected chi connectivity index (χ2v) is 7.04. The van der Waals surface area contributed by atoms with E-state index in [0.717, 1.165) is 36.2 Å². The van der Waals surface area contributed by atoms with Crippen LogP contribution < -0.4 is 0 Å². The molecule has 1 aromatic carbocycles. The number of carbonyl (C=O) groups excluding carboxylic acids is 2. The maximum Gasteiger partial charge on any atom is 0.247 e. The minimum atomic E-state index is -0.354. The molecule has 2 aliphatic rings. The van der Waals surface area contributed by atoms with Crippen molar-refractivity contribution in [3.05, 3.63) is 35.6 Å². The van der Waals surface area contributed by atoms with E-state index in [1.807, 2.05) is 25.1 Å². The molecule has 2 aromatic rings. The molecule has 0 bridgehead atoms. The molecule has 1 aromatic heterocycles. The number of fused-ring (bicyclic) bond motifs is 2. The van der Waals surface area contributed by atoms with Crippen LogP contribution in [0, 0.1) is 0 Å². The van der Waals surface area contributed by atoms with Crippen molar-refractivity contribution in [2.24, 2.45) is 0 Å². The molecule has 0 aliphatic carbocycles. The first-order chi connectivity index (χ1) is 12.6. The van der Waals surface area contributed by atoms with Crippen LogP contribution in [-0.2, 0) is 22.6 Å². The number of likely N-dealkylation sites (N-methyl/N-ethyl adjacent to an activating group) is 1. The fourth-order valence-electron chi connectivity index (χ4n) is 4.14. The SMILES string of the molecule is CCc1oc2ccccc2c1CN1CCN2C(=O)CN(CC)C(=O)C2C1. The molecule has 0 radical (unpaired) electrons. The molecule has 0 saturated carbocycles.